The molecule has 1 aliphatic rings. The van der Waals surface area contributed by atoms with E-state index in [4.69, 9.17) is 5.11 Å². The molecule has 1 N–H and O–H groups in total. The molecule has 0 heterocycles. The lowest BCUT2D eigenvalue weighted by Gasteiger charge is -2.14. The Morgan fingerprint density at radius 1 is 1.11 bits per heavy atom. The van der Waals surface area contributed by atoms with E-state index in [1.54, 1.807) is 0 Å². The first-order valence-electron chi connectivity index (χ1n) is 4.60. The van der Waals surface area contributed by atoms with Gasteiger partial charge in [0.1, 0.15) is 0 Å². The Bertz CT molecular complexity index is 530. The van der Waals surface area contributed by atoms with Gasteiger partial charge < -0.3 is 5.11 Å². The maximum atomic E-state index is 13.3. The molecule has 1 aromatic rings. The molecule has 0 aliphatic heterocycles. The fourth-order valence-corrected chi connectivity index (χ4v) is 1.85. The maximum Gasteiger partial charge on any atom is 0.320 e. The van der Waals surface area contributed by atoms with Crippen molar-refractivity contribution in [2.75, 3.05) is 0 Å². The molecule has 18 heavy (non-hydrogen) atoms. The fourth-order valence-electron chi connectivity index (χ4n) is 1.85. The second-order valence-corrected chi connectivity index (χ2v) is 3.93. The lowest BCUT2D eigenvalue weighted by molar-refractivity contribution is -0.143. The monoisotopic (exact) mass is 270 g/mol. The van der Waals surface area contributed by atoms with Crippen molar-refractivity contribution in [3.63, 3.8) is 0 Å². The molecule has 1 fully saturated rings. The van der Waals surface area contributed by atoms with Crippen LogP contribution in [0.1, 0.15) is 12.0 Å². The van der Waals surface area contributed by atoms with Crippen molar-refractivity contribution in [3.8, 4) is 0 Å². The van der Waals surface area contributed by atoms with Crippen molar-refractivity contribution in [2.24, 2.45) is 0 Å². The minimum atomic E-state index is -3.96. The van der Waals surface area contributed by atoms with Crippen molar-refractivity contribution in [2.45, 2.75) is 17.8 Å². The molecule has 2 rings (SSSR count). The molecule has 1 aliphatic carbocycles. The molecule has 0 aromatic heterocycles. The van der Waals surface area contributed by atoms with E-state index in [1.165, 1.54) is 0 Å². The van der Waals surface area contributed by atoms with Gasteiger partial charge in [0.05, 0.1) is 5.56 Å². The van der Waals surface area contributed by atoms with Crippen molar-refractivity contribution in [1.82, 2.24) is 0 Å². The first kappa shape index (κ1) is 12.7. The zero-order chi connectivity index (χ0) is 13.9. The van der Waals surface area contributed by atoms with Crippen LogP contribution in [0.25, 0.3) is 0 Å². The Kier molecular flexibility index (Phi) is 2.40. The third kappa shape index (κ3) is 1.34. The third-order valence-electron chi connectivity index (χ3n) is 2.89. The van der Waals surface area contributed by atoms with E-state index in [1.807, 2.05) is 0 Å². The van der Waals surface area contributed by atoms with Crippen LogP contribution in [0.2, 0.25) is 0 Å². The van der Waals surface area contributed by atoms with Crippen LogP contribution in [0.3, 0.4) is 0 Å². The predicted octanol–water partition coefficient (Wildman–Crippen LogP) is 2.60. The predicted molar refractivity (Wildman–Crippen MR) is 45.2 cm³/mol. The summed E-state index contributed by atoms with van der Waals surface area (Å²) in [6, 6.07) is -0.176. The van der Waals surface area contributed by atoms with Gasteiger partial charge in [-0.05, 0) is 0 Å². The zero-order valence-corrected chi connectivity index (χ0v) is 8.41. The van der Waals surface area contributed by atoms with E-state index in [2.05, 4.69) is 0 Å². The van der Waals surface area contributed by atoms with Crippen LogP contribution in [0.15, 0.2) is 6.07 Å². The first-order valence-corrected chi connectivity index (χ1v) is 4.60. The van der Waals surface area contributed by atoms with E-state index in [9.17, 15) is 31.1 Å². The molecule has 1 aromatic carbocycles. The van der Waals surface area contributed by atoms with E-state index in [-0.39, 0.29) is 6.07 Å². The topological polar surface area (TPSA) is 37.3 Å². The van der Waals surface area contributed by atoms with Gasteiger partial charge in [0.15, 0.2) is 28.7 Å². The molecular weight excluding hydrogens is 266 g/mol. The van der Waals surface area contributed by atoms with Crippen LogP contribution < -0.4 is 0 Å². The Balaban J connectivity index is 2.77. The molecule has 98 valence electrons. The molecule has 0 amide bonds. The van der Waals surface area contributed by atoms with Crippen molar-refractivity contribution < 1.29 is 36.2 Å². The molecule has 0 bridgehead atoms. The Hall–Kier alpha value is -1.73. The minimum absolute atomic E-state index is 0.176. The molecule has 0 saturated heterocycles. The van der Waals surface area contributed by atoms with Crippen LogP contribution in [0.4, 0.5) is 26.3 Å². The summed E-state index contributed by atoms with van der Waals surface area (Å²) >= 11 is 0. The molecule has 1 saturated carbocycles. The average molecular weight is 270 g/mol. The maximum absolute atomic E-state index is 13.3. The van der Waals surface area contributed by atoms with Gasteiger partial charge in [-0.15, -0.1) is 0 Å². The first-order chi connectivity index (χ1) is 8.15. The van der Waals surface area contributed by atoms with Gasteiger partial charge in [0, 0.05) is 12.5 Å². The number of aliphatic carboxylic acids is 1. The minimum Gasteiger partial charge on any atom is -0.480 e. The highest BCUT2D eigenvalue weighted by atomic mass is 19.3. The number of hydrogen-bond donors (Lipinski definition) is 1. The lowest BCUT2D eigenvalue weighted by Crippen LogP contribution is -2.30. The highest BCUT2D eigenvalue weighted by Gasteiger charge is 2.79. The zero-order valence-electron chi connectivity index (χ0n) is 8.41. The van der Waals surface area contributed by atoms with Crippen LogP contribution >= 0.6 is 0 Å². The number of benzene rings is 1. The summed E-state index contributed by atoms with van der Waals surface area (Å²) in [5.41, 5.74) is -5.03. The number of hydrogen-bond acceptors (Lipinski definition) is 1. The highest BCUT2D eigenvalue weighted by Crippen LogP contribution is 2.62. The summed E-state index contributed by atoms with van der Waals surface area (Å²) in [7, 11) is 0. The highest BCUT2D eigenvalue weighted by molar-refractivity contribution is 5.88. The standard InChI is InChI=1S/C10H4F6O2/c11-3-1-4(12)7(14)5(6(3)13)9(8(17)18)2-10(9,15)16/h1H,2H2,(H,17,18). The number of carbonyl (C=O) groups is 1. The number of rotatable bonds is 2. The Morgan fingerprint density at radius 2 is 1.50 bits per heavy atom. The van der Waals surface area contributed by atoms with Crippen molar-refractivity contribution in [3.05, 3.63) is 34.9 Å². The Labute approximate surface area is 95.8 Å². The van der Waals surface area contributed by atoms with Gasteiger partial charge in [-0.25, -0.2) is 26.3 Å². The second kappa shape index (κ2) is 3.39. The van der Waals surface area contributed by atoms with Gasteiger partial charge in [0.2, 0.25) is 0 Å². The number of carboxylic acid groups (broad SMARTS) is 1. The van der Waals surface area contributed by atoms with Gasteiger partial charge >= 0.3 is 5.97 Å². The molecule has 8 heteroatoms. The van der Waals surface area contributed by atoms with Gasteiger partial charge in [0.25, 0.3) is 5.92 Å². The summed E-state index contributed by atoms with van der Waals surface area (Å²) in [4.78, 5) is 10.8. The van der Waals surface area contributed by atoms with E-state index < -0.39 is 52.6 Å². The second-order valence-electron chi connectivity index (χ2n) is 3.93. The Morgan fingerprint density at radius 3 is 1.78 bits per heavy atom. The van der Waals surface area contributed by atoms with Gasteiger partial charge in [-0.2, -0.15) is 0 Å². The quantitative estimate of drug-likeness (QED) is 0.662. The van der Waals surface area contributed by atoms with Crippen LogP contribution in [0, 0.1) is 23.3 Å². The SMILES string of the molecule is O=C(O)C1(c2c(F)c(F)cc(F)c2F)CC1(F)F. The van der Waals surface area contributed by atoms with Crippen LogP contribution in [-0.4, -0.2) is 17.0 Å². The summed E-state index contributed by atoms with van der Waals surface area (Å²) in [5, 5.41) is 8.67. The van der Waals surface area contributed by atoms with E-state index >= 15 is 0 Å². The number of alkyl halides is 2. The summed E-state index contributed by atoms with van der Waals surface area (Å²) in [6.45, 7) is 0. The van der Waals surface area contributed by atoms with Crippen molar-refractivity contribution >= 4 is 5.97 Å². The van der Waals surface area contributed by atoms with E-state index in [0.717, 1.165) is 0 Å². The van der Waals surface area contributed by atoms with Crippen LogP contribution in [0.5, 0.6) is 0 Å². The molecular formula is C10H4F6O2. The normalized spacial score (nSPS) is 25.0. The summed E-state index contributed by atoms with van der Waals surface area (Å²) < 4.78 is 78.5. The van der Waals surface area contributed by atoms with Gasteiger partial charge in [-0.1, -0.05) is 0 Å². The summed E-state index contributed by atoms with van der Waals surface area (Å²) in [5.74, 6) is -14.3. The lowest BCUT2D eigenvalue weighted by atomic mass is 9.93. The van der Waals surface area contributed by atoms with E-state index in [0.29, 0.717) is 0 Å². The fraction of sp³-hybridized carbons (Fsp3) is 0.300. The average Bonchev–Trinajstić information content (AvgIpc) is 2.81. The molecule has 1 atom stereocenters. The van der Waals surface area contributed by atoms with Gasteiger partial charge in [-0.3, -0.25) is 4.79 Å². The van der Waals surface area contributed by atoms with Crippen molar-refractivity contribution in [1.29, 1.82) is 0 Å². The smallest absolute Gasteiger partial charge is 0.320 e. The largest absolute Gasteiger partial charge is 0.480 e. The molecule has 1 unspecified atom stereocenters. The van der Waals surface area contributed by atoms with Crippen LogP contribution in [-0.2, 0) is 10.2 Å². The molecule has 0 radical (unpaired) electrons. The number of halogens is 6. The molecule has 0 spiro atoms. The number of carboxylic acids is 1. The summed E-state index contributed by atoms with van der Waals surface area (Å²) in [6.07, 6.45) is -1.41. The molecule has 2 nitrogen and oxygen atoms in total. The third-order valence-corrected chi connectivity index (χ3v) is 2.89.